The van der Waals surface area contributed by atoms with E-state index in [0.29, 0.717) is 6.04 Å². The number of benzene rings is 1. The van der Waals surface area contributed by atoms with Crippen molar-refractivity contribution in [1.29, 1.82) is 0 Å². The summed E-state index contributed by atoms with van der Waals surface area (Å²) in [7, 11) is 0. The van der Waals surface area contributed by atoms with Crippen LogP contribution in [0.25, 0.3) is 10.9 Å². The van der Waals surface area contributed by atoms with Crippen LogP contribution in [-0.4, -0.2) is 10.6 Å². The number of para-hydroxylation sites is 1. The molecule has 104 valence electrons. The van der Waals surface area contributed by atoms with Crippen molar-refractivity contribution in [3.05, 3.63) is 36.0 Å². The molecule has 0 unspecified atom stereocenters. The van der Waals surface area contributed by atoms with Gasteiger partial charge in [-0.2, -0.15) is 0 Å². The summed E-state index contributed by atoms with van der Waals surface area (Å²) in [6, 6.07) is 11.6. The minimum absolute atomic E-state index is 0.530. The summed E-state index contributed by atoms with van der Waals surface area (Å²) < 4.78 is 2.49. The lowest BCUT2D eigenvalue weighted by Crippen LogP contribution is -2.23. The molecular weight excluding hydrogens is 232 g/mol. The van der Waals surface area contributed by atoms with Crippen molar-refractivity contribution in [2.45, 2.75) is 59.2 Å². The van der Waals surface area contributed by atoms with Crippen LogP contribution in [0.1, 0.15) is 45.7 Å². The Morgan fingerprint density at radius 2 is 1.95 bits per heavy atom. The van der Waals surface area contributed by atoms with Crippen LogP contribution in [0.3, 0.4) is 0 Å². The number of fused-ring (bicyclic) bond motifs is 1. The number of hydrogen-bond acceptors (Lipinski definition) is 1. The minimum atomic E-state index is 0.530. The van der Waals surface area contributed by atoms with Gasteiger partial charge in [-0.05, 0) is 23.9 Å². The maximum atomic E-state index is 3.53. The summed E-state index contributed by atoms with van der Waals surface area (Å²) in [5.41, 5.74) is 2.78. The van der Waals surface area contributed by atoms with E-state index >= 15 is 0 Å². The number of nitrogens with zero attached hydrogens (tertiary/aromatic N) is 1. The van der Waals surface area contributed by atoms with Gasteiger partial charge < -0.3 is 9.88 Å². The smallest absolute Gasteiger partial charge is 0.0482 e. The lowest BCUT2D eigenvalue weighted by Gasteiger charge is -2.13. The van der Waals surface area contributed by atoms with Gasteiger partial charge in [-0.1, -0.05) is 51.8 Å². The van der Waals surface area contributed by atoms with E-state index in [-0.39, 0.29) is 0 Å². The summed E-state index contributed by atoms with van der Waals surface area (Å²) in [5.74, 6) is 0. The zero-order chi connectivity index (χ0) is 13.7. The highest BCUT2D eigenvalue weighted by Crippen LogP contribution is 2.20. The first-order valence-corrected chi connectivity index (χ1v) is 7.53. The van der Waals surface area contributed by atoms with Crippen LogP contribution in [0.15, 0.2) is 30.3 Å². The molecule has 1 heterocycles. The predicted molar refractivity (Wildman–Crippen MR) is 83.4 cm³/mol. The van der Waals surface area contributed by atoms with Crippen molar-refractivity contribution in [2.75, 3.05) is 0 Å². The molecule has 2 nitrogen and oxygen atoms in total. The molecule has 0 aliphatic rings. The van der Waals surface area contributed by atoms with Crippen LogP contribution in [0.2, 0.25) is 0 Å². The highest BCUT2D eigenvalue weighted by molar-refractivity contribution is 5.81. The predicted octanol–water partition coefficient (Wildman–Crippen LogP) is 4.33. The van der Waals surface area contributed by atoms with Crippen molar-refractivity contribution in [3.8, 4) is 0 Å². The van der Waals surface area contributed by atoms with E-state index in [4.69, 9.17) is 0 Å². The SMILES string of the molecule is CCCCCn1c(CNC(C)C)cc2ccccc21. The Morgan fingerprint density at radius 1 is 1.16 bits per heavy atom. The second-order valence-electron chi connectivity index (χ2n) is 5.59. The van der Waals surface area contributed by atoms with Crippen molar-refractivity contribution in [1.82, 2.24) is 9.88 Å². The molecule has 0 fully saturated rings. The van der Waals surface area contributed by atoms with Gasteiger partial charge in [-0.25, -0.2) is 0 Å². The van der Waals surface area contributed by atoms with E-state index in [0.717, 1.165) is 13.1 Å². The first-order chi connectivity index (χ1) is 9.22. The second kappa shape index (κ2) is 6.76. The largest absolute Gasteiger partial charge is 0.343 e. The summed E-state index contributed by atoms with van der Waals surface area (Å²) in [4.78, 5) is 0. The number of aryl methyl sites for hydroxylation is 1. The molecule has 2 rings (SSSR count). The van der Waals surface area contributed by atoms with Crippen LogP contribution >= 0.6 is 0 Å². The molecule has 2 aromatic rings. The van der Waals surface area contributed by atoms with Crippen LogP contribution in [0, 0.1) is 0 Å². The molecule has 0 aliphatic carbocycles. The molecule has 0 amide bonds. The van der Waals surface area contributed by atoms with Gasteiger partial charge >= 0.3 is 0 Å². The third kappa shape index (κ3) is 3.60. The average Bonchev–Trinajstić information content (AvgIpc) is 2.75. The van der Waals surface area contributed by atoms with Crippen molar-refractivity contribution < 1.29 is 0 Å². The molecule has 1 aromatic carbocycles. The van der Waals surface area contributed by atoms with Gasteiger partial charge in [-0.15, -0.1) is 0 Å². The van der Waals surface area contributed by atoms with Crippen LogP contribution in [0.4, 0.5) is 0 Å². The fourth-order valence-corrected chi connectivity index (χ4v) is 2.51. The van der Waals surface area contributed by atoms with Gasteiger partial charge in [0.05, 0.1) is 0 Å². The Labute approximate surface area is 116 Å². The third-order valence-electron chi connectivity index (χ3n) is 3.57. The van der Waals surface area contributed by atoms with Gasteiger partial charge in [-0.3, -0.25) is 0 Å². The van der Waals surface area contributed by atoms with Crippen molar-refractivity contribution in [3.63, 3.8) is 0 Å². The van der Waals surface area contributed by atoms with Gasteiger partial charge in [0.15, 0.2) is 0 Å². The molecule has 0 bridgehead atoms. The molecule has 2 heteroatoms. The van der Waals surface area contributed by atoms with Gasteiger partial charge in [0, 0.05) is 30.3 Å². The zero-order valence-corrected chi connectivity index (χ0v) is 12.4. The number of rotatable bonds is 7. The standard InChI is InChI=1S/C17H26N2/c1-4-5-8-11-19-16(13-18-14(2)3)12-15-9-6-7-10-17(15)19/h6-7,9-10,12,14,18H,4-5,8,11,13H2,1-3H3. The summed E-state index contributed by atoms with van der Waals surface area (Å²) >= 11 is 0. The zero-order valence-electron chi connectivity index (χ0n) is 12.4. The number of aromatic nitrogens is 1. The molecule has 0 spiro atoms. The van der Waals surface area contributed by atoms with Crippen molar-refractivity contribution >= 4 is 10.9 Å². The topological polar surface area (TPSA) is 17.0 Å². The maximum absolute atomic E-state index is 3.53. The first kappa shape index (κ1) is 14.1. The van der Waals surface area contributed by atoms with Crippen molar-refractivity contribution in [2.24, 2.45) is 0 Å². The van der Waals surface area contributed by atoms with E-state index in [2.05, 4.69) is 61.0 Å². The molecule has 0 atom stereocenters. The molecular formula is C17H26N2. The molecule has 1 aromatic heterocycles. The molecule has 19 heavy (non-hydrogen) atoms. The molecule has 0 saturated carbocycles. The highest BCUT2D eigenvalue weighted by Gasteiger charge is 2.08. The first-order valence-electron chi connectivity index (χ1n) is 7.53. The maximum Gasteiger partial charge on any atom is 0.0482 e. The summed E-state index contributed by atoms with van der Waals surface area (Å²) in [6.45, 7) is 8.75. The lowest BCUT2D eigenvalue weighted by atomic mass is 10.2. The van der Waals surface area contributed by atoms with Gasteiger partial charge in [0.1, 0.15) is 0 Å². The van der Waals surface area contributed by atoms with E-state index in [1.165, 1.54) is 35.9 Å². The fourth-order valence-electron chi connectivity index (χ4n) is 2.51. The second-order valence-corrected chi connectivity index (χ2v) is 5.59. The monoisotopic (exact) mass is 258 g/mol. The summed E-state index contributed by atoms with van der Waals surface area (Å²) in [5, 5.41) is 4.89. The van der Waals surface area contributed by atoms with Gasteiger partial charge in [0.25, 0.3) is 0 Å². The molecule has 1 N–H and O–H groups in total. The van der Waals surface area contributed by atoms with E-state index in [1.807, 2.05) is 0 Å². The summed E-state index contributed by atoms with van der Waals surface area (Å²) in [6.07, 6.45) is 3.85. The Kier molecular flexibility index (Phi) is 5.03. The van der Waals surface area contributed by atoms with E-state index < -0.39 is 0 Å². The molecule has 0 aliphatic heterocycles. The Bertz CT molecular complexity index is 511. The van der Waals surface area contributed by atoms with Crippen LogP contribution < -0.4 is 5.32 Å². The fraction of sp³-hybridized carbons (Fsp3) is 0.529. The highest BCUT2D eigenvalue weighted by atomic mass is 15.0. The Morgan fingerprint density at radius 3 is 2.68 bits per heavy atom. The quantitative estimate of drug-likeness (QED) is 0.731. The van der Waals surface area contributed by atoms with E-state index in [1.54, 1.807) is 0 Å². The van der Waals surface area contributed by atoms with Crippen LogP contribution in [-0.2, 0) is 13.1 Å². The number of hydrogen-bond donors (Lipinski definition) is 1. The minimum Gasteiger partial charge on any atom is -0.343 e. The third-order valence-corrected chi connectivity index (χ3v) is 3.57. The lowest BCUT2D eigenvalue weighted by molar-refractivity contribution is 0.544. The Hall–Kier alpha value is -1.28. The molecule has 0 saturated heterocycles. The average molecular weight is 258 g/mol. The Balaban J connectivity index is 2.23. The number of unbranched alkanes of at least 4 members (excludes halogenated alkanes) is 2. The van der Waals surface area contributed by atoms with E-state index in [9.17, 15) is 0 Å². The normalized spacial score (nSPS) is 11.6. The van der Waals surface area contributed by atoms with Crippen LogP contribution in [0.5, 0.6) is 0 Å². The number of nitrogens with one attached hydrogen (secondary N) is 1. The molecule has 0 radical (unpaired) electrons. The van der Waals surface area contributed by atoms with Gasteiger partial charge in [0.2, 0.25) is 0 Å².